The number of nitrogens with zero attached hydrogens (tertiary/aromatic N) is 1. The molecule has 2 heterocycles. The summed E-state index contributed by atoms with van der Waals surface area (Å²) in [4.78, 5) is 12.8. The normalized spacial score (nSPS) is 28.8. The highest BCUT2D eigenvalue weighted by atomic mass is 32.2. The van der Waals surface area contributed by atoms with Gasteiger partial charge >= 0.3 is 0 Å². The zero-order chi connectivity index (χ0) is 15.9. The lowest BCUT2D eigenvalue weighted by atomic mass is 9.88. The van der Waals surface area contributed by atoms with E-state index in [4.69, 9.17) is 4.74 Å². The van der Waals surface area contributed by atoms with Gasteiger partial charge in [-0.1, -0.05) is 0 Å². The fourth-order valence-electron chi connectivity index (χ4n) is 3.59. The minimum absolute atomic E-state index is 0.137. The van der Waals surface area contributed by atoms with Crippen LogP contribution in [0.4, 0.5) is 0 Å². The number of hydrogen-bond acceptors (Lipinski definition) is 5. The number of sulfone groups is 1. The predicted molar refractivity (Wildman–Crippen MR) is 80.5 cm³/mol. The zero-order valence-corrected chi connectivity index (χ0v) is 13.1. The van der Waals surface area contributed by atoms with Gasteiger partial charge in [0, 0.05) is 11.5 Å². The highest BCUT2D eigenvalue weighted by molar-refractivity contribution is 7.93. The van der Waals surface area contributed by atoms with E-state index in [1.165, 1.54) is 7.11 Å². The molecule has 0 saturated carbocycles. The van der Waals surface area contributed by atoms with Gasteiger partial charge in [0.1, 0.15) is 5.75 Å². The molecule has 6 heteroatoms. The van der Waals surface area contributed by atoms with Crippen molar-refractivity contribution in [3.8, 4) is 11.8 Å². The molecule has 5 nitrogen and oxygen atoms in total. The van der Waals surface area contributed by atoms with Gasteiger partial charge in [0.15, 0.2) is 15.6 Å². The molecule has 0 amide bonds. The quantitative estimate of drug-likeness (QED) is 0.797. The summed E-state index contributed by atoms with van der Waals surface area (Å²) < 4.78 is 29.4. The lowest BCUT2D eigenvalue weighted by Crippen LogP contribution is -2.36. The van der Waals surface area contributed by atoms with Crippen LogP contribution in [0.1, 0.15) is 41.6 Å². The zero-order valence-electron chi connectivity index (χ0n) is 12.3. The topological polar surface area (TPSA) is 84.2 Å². The van der Waals surface area contributed by atoms with E-state index in [1.54, 1.807) is 18.2 Å². The second kappa shape index (κ2) is 5.40. The van der Waals surface area contributed by atoms with Gasteiger partial charge in [-0.25, -0.2) is 8.42 Å². The Bertz CT molecular complexity index is 743. The Morgan fingerprint density at radius 2 is 1.91 bits per heavy atom. The minimum atomic E-state index is -3.05. The van der Waals surface area contributed by atoms with Gasteiger partial charge in [0.25, 0.3) is 0 Å². The summed E-state index contributed by atoms with van der Waals surface area (Å²) in [5, 5.41) is 8.41. The number of fused-ring (bicyclic) bond motifs is 2. The van der Waals surface area contributed by atoms with Crippen molar-refractivity contribution in [1.29, 1.82) is 5.26 Å². The molecule has 0 radical (unpaired) electrons. The summed E-state index contributed by atoms with van der Waals surface area (Å²) in [5.41, 5.74) is 0.650. The van der Waals surface area contributed by atoms with E-state index in [9.17, 15) is 18.5 Å². The van der Waals surface area contributed by atoms with Crippen molar-refractivity contribution in [2.45, 2.75) is 36.2 Å². The fourth-order valence-corrected chi connectivity index (χ4v) is 6.07. The monoisotopic (exact) mass is 319 g/mol. The van der Waals surface area contributed by atoms with Crippen molar-refractivity contribution in [1.82, 2.24) is 0 Å². The van der Waals surface area contributed by atoms with E-state index in [1.807, 2.05) is 6.07 Å². The highest BCUT2D eigenvalue weighted by Gasteiger charge is 2.48. The van der Waals surface area contributed by atoms with Crippen molar-refractivity contribution in [2.24, 2.45) is 5.92 Å². The Hall–Kier alpha value is -1.87. The van der Waals surface area contributed by atoms with Crippen LogP contribution in [0.2, 0.25) is 0 Å². The maximum Gasteiger partial charge on any atom is 0.167 e. The summed E-state index contributed by atoms with van der Waals surface area (Å²) in [7, 11) is -1.55. The number of carbonyl (C=O) groups excluding carboxylic acids is 1. The molecule has 0 N–H and O–H groups in total. The average molecular weight is 319 g/mol. The minimum Gasteiger partial charge on any atom is -0.497 e. The second-order valence-corrected chi connectivity index (χ2v) is 8.48. The maximum atomic E-state index is 12.8. The molecule has 0 aliphatic carbocycles. The first-order valence-electron chi connectivity index (χ1n) is 7.32. The van der Waals surface area contributed by atoms with Crippen molar-refractivity contribution in [3.63, 3.8) is 0 Å². The maximum absolute atomic E-state index is 12.8. The number of methoxy groups -OCH3 is 1. The van der Waals surface area contributed by atoms with E-state index >= 15 is 0 Å². The van der Waals surface area contributed by atoms with Crippen LogP contribution in [0.15, 0.2) is 18.2 Å². The molecular weight excluding hydrogens is 302 g/mol. The summed E-state index contributed by atoms with van der Waals surface area (Å²) in [6, 6.07) is 6.81. The van der Waals surface area contributed by atoms with Crippen LogP contribution in [0, 0.1) is 17.2 Å². The number of carbonyl (C=O) groups is 1. The van der Waals surface area contributed by atoms with Crippen molar-refractivity contribution >= 4 is 15.6 Å². The van der Waals surface area contributed by atoms with Crippen LogP contribution in [0.5, 0.6) is 5.75 Å². The number of rotatable bonds is 3. The van der Waals surface area contributed by atoms with Gasteiger partial charge in [-0.3, -0.25) is 4.79 Å². The first kappa shape index (κ1) is 15.0. The Morgan fingerprint density at radius 3 is 2.45 bits per heavy atom. The van der Waals surface area contributed by atoms with Gasteiger partial charge in [-0.2, -0.15) is 5.26 Å². The summed E-state index contributed by atoms with van der Waals surface area (Å²) in [6.45, 7) is 0. The van der Waals surface area contributed by atoms with E-state index in [-0.39, 0.29) is 11.7 Å². The van der Waals surface area contributed by atoms with Crippen LogP contribution in [0.25, 0.3) is 0 Å². The summed E-state index contributed by atoms with van der Waals surface area (Å²) in [6.07, 6.45) is 2.06. The van der Waals surface area contributed by atoms with Gasteiger partial charge < -0.3 is 4.74 Å². The number of ketones is 1. The van der Waals surface area contributed by atoms with E-state index in [0.29, 0.717) is 42.6 Å². The average Bonchev–Trinajstić information content (AvgIpc) is 2.72. The van der Waals surface area contributed by atoms with Crippen LogP contribution in [0.3, 0.4) is 0 Å². The summed E-state index contributed by atoms with van der Waals surface area (Å²) in [5.74, 6) is 0.0660. The molecule has 1 aromatic rings. The number of benzene rings is 1. The van der Waals surface area contributed by atoms with E-state index in [0.717, 1.165) is 0 Å². The Morgan fingerprint density at radius 1 is 1.27 bits per heavy atom. The van der Waals surface area contributed by atoms with Gasteiger partial charge in [-0.15, -0.1) is 0 Å². The molecule has 0 aromatic heterocycles. The van der Waals surface area contributed by atoms with Gasteiger partial charge in [0.05, 0.1) is 29.2 Å². The van der Waals surface area contributed by atoms with Crippen LogP contribution < -0.4 is 4.74 Å². The molecular formula is C16H17NO4S. The Balaban J connectivity index is 1.92. The summed E-state index contributed by atoms with van der Waals surface area (Å²) >= 11 is 0. The largest absolute Gasteiger partial charge is 0.497 e. The molecule has 2 saturated heterocycles. The van der Waals surface area contributed by atoms with Crippen molar-refractivity contribution in [3.05, 3.63) is 29.3 Å². The molecule has 2 aliphatic rings. The molecule has 2 aliphatic heterocycles. The molecule has 1 aromatic carbocycles. The van der Waals surface area contributed by atoms with Crippen LogP contribution >= 0.6 is 0 Å². The smallest absolute Gasteiger partial charge is 0.167 e. The highest BCUT2D eigenvalue weighted by Crippen LogP contribution is 2.42. The third-order valence-corrected chi connectivity index (χ3v) is 7.53. The lowest BCUT2D eigenvalue weighted by Gasteiger charge is -2.27. The number of ether oxygens (including phenoxy) is 1. The van der Waals surface area contributed by atoms with E-state index < -0.39 is 20.3 Å². The molecule has 2 fully saturated rings. The van der Waals surface area contributed by atoms with Crippen molar-refractivity contribution < 1.29 is 17.9 Å². The third kappa shape index (κ3) is 2.30. The van der Waals surface area contributed by atoms with Gasteiger partial charge in [-0.05, 0) is 43.9 Å². The molecule has 22 heavy (non-hydrogen) atoms. The predicted octanol–water partition coefficient (Wildman–Crippen LogP) is 2.11. The first-order valence-corrected chi connectivity index (χ1v) is 8.93. The Kier molecular flexibility index (Phi) is 3.69. The number of nitriles is 1. The molecule has 0 spiro atoms. The molecule has 2 unspecified atom stereocenters. The molecule has 3 rings (SSSR count). The van der Waals surface area contributed by atoms with E-state index in [2.05, 4.69) is 0 Å². The fraction of sp³-hybridized carbons (Fsp3) is 0.500. The standard InChI is InChI=1S/C16H17NO4S/c1-21-12-3-2-10(9-17)15(8-12)16(18)11-6-13-4-5-14(7-11)22(13,19)20/h2-3,8,11,13-14H,4-7H2,1H3. The molecule has 2 bridgehead atoms. The molecule has 2 atom stereocenters. The van der Waals surface area contributed by atoms with Crippen molar-refractivity contribution in [2.75, 3.05) is 7.11 Å². The lowest BCUT2D eigenvalue weighted by molar-refractivity contribution is 0.0905. The Labute approximate surface area is 129 Å². The van der Waals surface area contributed by atoms with Gasteiger partial charge in [0.2, 0.25) is 0 Å². The number of Topliss-reactive ketones (excluding diaryl/α,β-unsaturated/α-hetero) is 1. The second-order valence-electron chi connectivity index (χ2n) is 5.97. The SMILES string of the molecule is COc1ccc(C#N)c(C(=O)C2CC3CCC(C2)S3(=O)=O)c1. The third-order valence-electron chi connectivity index (χ3n) is 4.82. The molecule has 116 valence electrons. The number of hydrogen-bond donors (Lipinski definition) is 0. The van der Waals surface area contributed by atoms with Crippen LogP contribution in [-0.4, -0.2) is 31.8 Å². The van der Waals surface area contributed by atoms with Crippen LogP contribution in [-0.2, 0) is 9.84 Å². The first-order chi connectivity index (χ1) is 10.5.